The molecule has 0 aliphatic rings. The summed E-state index contributed by atoms with van der Waals surface area (Å²) in [7, 11) is 5.58. The Bertz CT molecular complexity index is 612. The van der Waals surface area contributed by atoms with Crippen LogP contribution in [-0.2, 0) is 4.79 Å². The Hall–Kier alpha value is -2.08. The van der Waals surface area contributed by atoms with Crippen molar-refractivity contribution in [2.24, 2.45) is 10.2 Å². The van der Waals surface area contributed by atoms with Gasteiger partial charge in [-0.25, -0.2) is 0 Å². The lowest BCUT2D eigenvalue weighted by Gasteiger charge is -1.99. The van der Waals surface area contributed by atoms with Crippen molar-refractivity contribution >= 4 is 42.4 Å². The van der Waals surface area contributed by atoms with Crippen molar-refractivity contribution in [3.05, 3.63) is 48.5 Å². The number of azo groups is 1. The van der Waals surface area contributed by atoms with Gasteiger partial charge < -0.3 is 5.11 Å². The molecule has 0 saturated heterocycles. The summed E-state index contributed by atoms with van der Waals surface area (Å²) in [6.45, 7) is 0. The Labute approximate surface area is 122 Å². The number of benzene rings is 2. The third kappa shape index (κ3) is 4.55. The van der Waals surface area contributed by atoms with Crippen LogP contribution >= 0.6 is 11.8 Å². The van der Waals surface area contributed by atoms with Gasteiger partial charge in [-0.3, -0.25) is 4.79 Å². The Morgan fingerprint density at radius 2 is 1.50 bits per heavy atom. The summed E-state index contributed by atoms with van der Waals surface area (Å²) in [5, 5.41) is 16.8. The maximum absolute atomic E-state index is 10.5. The molecule has 2 aromatic carbocycles. The lowest BCUT2D eigenvalue weighted by molar-refractivity contribution is -0.133. The van der Waals surface area contributed by atoms with Crippen molar-refractivity contribution in [3.63, 3.8) is 0 Å². The van der Waals surface area contributed by atoms with Crippen LogP contribution in [0, 0.1) is 0 Å². The normalized spacial score (nSPS) is 10.8. The van der Waals surface area contributed by atoms with Gasteiger partial charge in [0, 0.05) is 4.90 Å². The first-order valence-corrected chi connectivity index (χ1v) is 6.84. The minimum Gasteiger partial charge on any atom is -0.481 e. The van der Waals surface area contributed by atoms with E-state index in [0.717, 1.165) is 10.6 Å². The largest absolute Gasteiger partial charge is 0.481 e. The predicted octanol–water partition coefficient (Wildman–Crippen LogP) is 3.07. The number of carboxylic acid groups (broad SMARTS) is 1. The quantitative estimate of drug-likeness (QED) is 0.520. The molecule has 0 unspecified atom stereocenters. The van der Waals surface area contributed by atoms with Crippen molar-refractivity contribution in [1.29, 1.82) is 0 Å². The number of carboxylic acids is 1. The van der Waals surface area contributed by atoms with Gasteiger partial charge in [-0.2, -0.15) is 10.2 Å². The fourth-order valence-corrected chi connectivity index (χ4v) is 2.03. The molecule has 0 aromatic heterocycles. The summed E-state index contributed by atoms with van der Waals surface area (Å²) in [6.07, 6.45) is 0. The predicted molar refractivity (Wildman–Crippen MR) is 80.8 cm³/mol. The SMILES string of the molecule is [B]c1ccc(N=Nc2ccc(SCC(=O)O)cc2)cc1. The molecule has 0 aliphatic carbocycles. The second kappa shape index (κ2) is 6.91. The fourth-order valence-electron chi connectivity index (χ4n) is 1.41. The molecule has 2 rings (SSSR count). The third-order valence-corrected chi connectivity index (χ3v) is 3.37. The van der Waals surface area contributed by atoms with Gasteiger partial charge in [-0.1, -0.05) is 17.6 Å². The van der Waals surface area contributed by atoms with E-state index in [0.29, 0.717) is 11.2 Å². The molecular weight excluding hydrogens is 271 g/mol. The molecule has 4 nitrogen and oxygen atoms in total. The van der Waals surface area contributed by atoms with E-state index < -0.39 is 5.97 Å². The first-order chi connectivity index (χ1) is 9.63. The molecule has 0 bridgehead atoms. The van der Waals surface area contributed by atoms with Crippen LogP contribution < -0.4 is 5.46 Å². The minimum atomic E-state index is -0.831. The Kier molecular flexibility index (Phi) is 4.95. The van der Waals surface area contributed by atoms with Crippen LogP contribution in [0.5, 0.6) is 0 Å². The number of aliphatic carboxylic acids is 1. The molecule has 0 saturated carbocycles. The van der Waals surface area contributed by atoms with E-state index in [2.05, 4.69) is 10.2 Å². The topological polar surface area (TPSA) is 62.0 Å². The molecule has 20 heavy (non-hydrogen) atoms. The molecular formula is C14H11BN2O2S. The second-order valence-corrected chi connectivity index (χ2v) is 5.02. The lowest BCUT2D eigenvalue weighted by Crippen LogP contribution is -1.97. The molecule has 1 N–H and O–H groups in total. The van der Waals surface area contributed by atoms with Crippen molar-refractivity contribution in [3.8, 4) is 0 Å². The maximum Gasteiger partial charge on any atom is 0.313 e. The van der Waals surface area contributed by atoms with Crippen molar-refractivity contribution in [1.82, 2.24) is 0 Å². The average Bonchev–Trinajstić information content (AvgIpc) is 2.45. The zero-order chi connectivity index (χ0) is 14.4. The smallest absolute Gasteiger partial charge is 0.313 e. The highest BCUT2D eigenvalue weighted by atomic mass is 32.2. The van der Waals surface area contributed by atoms with Crippen molar-refractivity contribution in [2.75, 3.05) is 5.75 Å². The molecule has 0 fully saturated rings. The molecule has 0 atom stereocenters. The van der Waals surface area contributed by atoms with E-state index in [1.807, 2.05) is 12.1 Å². The first kappa shape index (κ1) is 14.3. The highest BCUT2D eigenvalue weighted by Crippen LogP contribution is 2.23. The van der Waals surface area contributed by atoms with Gasteiger partial charge in [0.15, 0.2) is 0 Å². The van der Waals surface area contributed by atoms with Crippen LogP contribution in [0.4, 0.5) is 11.4 Å². The number of carbonyl (C=O) groups is 1. The second-order valence-electron chi connectivity index (χ2n) is 3.97. The highest BCUT2D eigenvalue weighted by Gasteiger charge is 1.99. The number of thioether (sulfide) groups is 1. The summed E-state index contributed by atoms with van der Waals surface area (Å²) in [5.74, 6) is -0.783. The van der Waals surface area contributed by atoms with Gasteiger partial charge in [0.1, 0.15) is 7.85 Å². The van der Waals surface area contributed by atoms with Crippen LogP contribution in [0.3, 0.4) is 0 Å². The summed E-state index contributed by atoms with van der Waals surface area (Å²) in [6, 6.07) is 14.3. The summed E-state index contributed by atoms with van der Waals surface area (Å²) < 4.78 is 0. The van der Waals surface area contributed by atoms with Crippen LogP contribution in [-0.4, -0.2) is 24.7 Å². The number of nitrogens with zero attached hydrogens (tertiary/aromatic N) is 2. The standard InChI is InChI=1S/C14H11BN2O2S/c15-10-1-3-11(4-2-10)16-17-12-5-7-13(8-6-12)20-9-14(18)19/h1-8H,9H2,(H,18,19). The maximum atomic E-state index is 10.5. The molecule has 0 spiro atoms. The van der Waals surface area contributed by atoms with Crippen molar-refractivity contribution in [2.45, 2.75) is 4.90 Å². The van der Waals surface area contributed by atoms with Gasteiger partial charge in [0.2, 0.25) is 0 Å². The van der Waals surface area contributed by atoms with E-state index in [1.165, 1.54) is 11.8 Å². The van der Waals surface area contributed by atoms with Gasteiger partial charge in [-0.15, -0.1) is 11.8 Å². The molecule has 98 valence electrons. The van der Waals surface area contributed by atoms with Gasteiger partial charge in [0.05, 0.1) is 17.1 Å². The average molecular weight is 282 g/mol. The molecule has 2 aromatic rings. The summed E-state index contributed by atoms with van der Waals surface area (Å²) in [4.78, 5) is 11.3. The molecule has 0 heterocycles. The molecule has 6 heteroatoms. The fraction of sp³-hybridized carbons (Fsp3) is 0.0714. The van der Waals surface area contributed by atoms with Crippen LogP contribution in [0.25, 0.3) is 0 Å². The lowest BCUT2D eigenvalue weighted by atomic mass is 9.96. The van der Waals surface area contributed by atoms with Gasteiger partial charge >= 0.3 is 5.97 Å². The zero-order valence-electron chi connectivity index (χ0n) is 10.6. The highest BCUT2D eigenvalue weighted by molar-refractivity contribution is 8.00. The van der Waals surface area contributed by atoms with E-state index in [-0.39, 0.29) is 5.75 Å². The van der Waals surface area contributed by atoms with Crippen LogP contribution in [0.15, 0.2) is 63.7 Å². The minimum absolute atomic E-state index is 0.0479. The van der Waals surface area contributed by atoms with Crippen LogP contribution in [0.2, 0.25) is 0 Å². The first-order valence-electron chi connectivity index (χ1n) is 5.85. The monoisotopic (exact) mass is 282 g/mol. The number of hydrogen-bond acceptors (Lipinski definition) is 4. The van der Waals surface area contributed by atoms with E-state index in [9.17, 15) is 4.79 Å². The molecule has 0 amide bonds. The number of hydrogen-bond donors (Lipinski definition) is 1. The molecule has 0 aliphatic heterocycles. The summed E-state index contributed by atoms with van der Waals surface area (Å²) >= 11 is 1.27. The van der Waals surface area contributed by atoms with Crippen LogP contribution in [0.1, 0.15) is 0 Å². The van der Waals surface area contributed by atoms with E-state index >= 15 is 0 Å². The summed E-state index contributed by atoms with van der Waals surface area (Å²) in [5.41, 5.74) is 2.12. The number of rotatable bonds is 5. The van der Waals surface area contributed by atoms with Gasteiger partial charge in [-0.05, 0) is 36.4 Å². The van der Waals surface area contributed by atoms with Crippen molar-refractivity contribution < 1.29 is 9.90 Å². The Morgan fingerprint density at radius 1 is 1.00 bits per heavy atom. The Balaban J connectivity index is 1.99. The van der Waals surface area contributed by atoms with Gasteiger partial charge in [0.25, 0.3) is 0 Å². The van der Waals surface area contributed by atoms with E-state index in [4.69, 9.17) is 13.0 Å². The third-order valence-electron chi connectivity index (χ3n) is 2.37. The van der Waals surface area contributed by atoms with E-state index in [1.54, 1.807) is 36.4 Å². The Morgan fingerprint density at radius 3 is 2.00 bits per heavy atom. The molecule has 2 radical (unpaired) electrons. The zero-order valence-corrected chi connectivity index (χ0v) is 11.4.